The first-order chi connectivity index (χ1) is 4.87. The van der Waals surface area contributed by atoms with Gasteiger partial charge in [-0.1, -0.05) is 6.92 Å². The minimum Gasteiger partial charge on any atom is -0.330 e. The lowest BCUT2D eigenvalue weighted by molar-refractivity contribution is 0.453. The van der Waals surface area contributed by atoms with Crippen LogP contribution in [0.4, 0.5) is 0 Å². The molecule has 0 aromatic carbocycles. The van der Waals surface area contributed by atoms with Crippen molar-refractivity contribution in [1.29, 1.82) is 0 Å². The molecule has 0 spiro atoms. The van der Waals surface area contributed by atoms with Crippen LogP contribution in [0.2, 0.25) is 0 Å². The maximum Gasteiger partial charge on any atom is 0.274 e. The van der Waals surface area contributed by atoms with Gasteiger partial charge in [-0.15, -0.1) is 0 Å². The molecule has 2 atom stereocenters. The lowest BCUT2D eigenvalue weighted by atomic mass is 10.1. The third kappa shape index (κ3) is 5.14. The normalized spacial score (nSPS) is 17.8. The summed E-state index contributed by atoms with van der Waals surface area (Å²) in [5.74, 6) is 0.0910. The van der Waals surface area contributed by atoms with Gasteiger partial charge >= 0.3 is 0 Å². The SMILES string of the molecule is CC(CN)C(C)NS(N)(=O)=O. The van der Waals surface area contributed by atoms with Crippen LogP contribution in [0, 0.1) is 5.92 Å². The second kappa shape index (κ2) is 4.01. The topological polar surface area (TPSA) is 98.2 Å². The zero-order chi connectivity index (χ0) is 9.07. The molecule has 0 radical (unpaired) electrons. The van der Waals surface area contributed by atoms with Crippen LogP contribution in [0.15, 0.2) is 0 Å². The highest BCUT2D eigenvalue weighted by molar-refractivity contribution is 7.87. The minimum absolute atomic E-state index is 0.0910. The molecule has 0 fully saturated rings. The Labute approximate surface area is 67.3 Å². The molecule has 0 rings (SSSR count). The summed E-state index contributed by atoms with van der Waals surface area (Å²) in [5.41, 5.74) is 5.32. The Balaban J connectivity index is 3.98. The van der Waals surface area contributed by atoms with E-state index in [-0.39, 0.29) is 12.0 Å². The molecule has 5 N–H and O–H groups in total. The Bertz CT molecular complexity index is 202. The number of nitrogens with one attached hydrogen (secondary N) is 1. The van der Waals surface area contributed by atoms with Crippen LogP contribution in [-0.4, -0.2) is 21.0 Å². The lowest BCUT2D eigenvalue weighted by Gasteiger charge is -2.17. The Morgan fingerprint density at radius 1 is 1.45 bits per heavy atom. The van der Waals surface area contributed by atoms with Crippen LogP contribution in [0.3, 0.4) is 0 Å². The molecule has 0 aromatic heterocycles. The monoisotopic (exact) mass is 181 g/mol. The molecule has 6 heteroatoms. The lowest BCUT2D eigenvalue weighted by Crippen LogP contribution is -2.42. The molecule has 0 amide bonds. The van der Waals surface area contributed by atoms with Gasteiger partial charge in [0.25, 0.3) is 10.2 Å². The molecule has 68 valence electrons. The molecule has 0 aromatic rings. The summed E-state index contributed by atoms with van der Waals surface area (Å²) in [6.07, 6.45) is 0. The van der Waals surface area contributed by atoms with E-state index in [1.807, 2.05) is 6.92 Å². The summed E-state index contributed by atoms with van der Waals surface area (Å²) in [4.78, 5) is 0. The Morgan fingerprint density at radius 2 is 1.91 bits per heavy atom. The molecular formula is C5H15N3O2S. The van der Waals surface area contributed by atoms with E-state index in [1.165, 1.54) is 0 Å². The first-order valence-electron chi connectivity index (χ1n) is 3.37. The van der Waals surface area contributed by atoms with Crippen molar-refractivity contribution < 1.29 is 8.42 Å². The van der Waals surface area contributed by atoms with E-state index >= 15 is 0 Å². The highest BCUT2D eigenvalue weighted by atomic mass is 32.2. The molecule has 0 saturated heterocycles. The molecular weight excluding hydrogens is 166 g/mol. The number of hydrogen-bond acceptors (Lipinski definition) is 3. The van der Waals surface area contributed by atoms with Gasteiger partial charge in [-0.3, -0.25) is 0 Å². The second-order valence-corrected chi connectivity index (χ2v) is 3.99. The highest BCUT2D eigenvalue weighted by Crippen LogP contribution is 1.99. The van der Waals surface area contributed by atoms with E-state index in [1.54, 1.807) is 6.92 Å². The second-order valence-electron chi connectivity index (χ2n) is 2.66. The Hall–Kier alpha value is -0.170. The molecule has 0 aliphatic heterocycles. The third-order valence-corrected chi connectivity index (χ3v) is 2.28. The maximum atomic E-state index is 10.5. The van der Waals surface area contributed by atoms with Gasteiger partial charge in [-0.25, -0.2) is 5.14 Å². The van der Waals surface area contributed by atoms with Crippen LogP contribution >= 0.6 is 0 Å². The van der Waals surface area contributed by atoms with E-state index in [9.17, 15) is 8.42 Å². The van der Waals surface area contributed by atoms with Crippen LogP contribution in [0.5, 0.6) is 0 Å². The molecule has 0 bridgehead atoms. The van der Waals surface area contributed by atoms with Crippen molar-refractivity contribution in [1.82, 2.24) is 4.72 Å². The zero-order valence-corrected chi connectivity index (χ0v) is 7.56. The highest BCUT2D eigenvalue weighted by Gasteiger charge is 2.14. The summed E-state index contributed by atoms with van der Waals surface area (Å²) in [6, 6.07) is -0.213. The van der Waals surface area contributed by atoms with E-state index in [0.717, 1.165) is 0 Å². The van der Waals surface area contributed by atoms with Gasteiger partial charge in [0.05, 0.1) is 0 Å². The third-order valence-electron chi connectivity index (χ3n) is 1.58. The van der Waals surface area contributed by atoms with Crippen molar-refractivity contribution >= 4 is 10.2 Å². The largest absolute Gasteiger partial charge is 0.330 e. The van der Waals surface area contributed by atoms with Crippen LogP contribution in [0.1, 0.15) is 13.8 Å². The van der Waals surface area contributed by atoms with Gasteiger partial charge < -0.3 is 5.73 Å². The summed E-state index contributed by atoms with van der Waals surface area (Å²) in [5, 5.41) is 4.75. The Morgan fingerprint density at radius 3 is 2.18 bits per heavy atom. The van der Waals surface area contributed by atoms with E-state index in [4.69, 9.17) is 10.9 Å². The molecule has 0 aliphatic carbocycles. The van der Waals surface area contributed by atoms with Gasteiger partial charge in [-0.2, -0.15) is 13.1 Å². The molecule has 0 saturated carbocycles. The predicted molar refractivity (Wildman–Crippen MR) is 43.9 cm³/mol. The fraction of sp³-hybridized carbons (Fsp3) is 1.00. The number of rotatable bonds is 4. The molecule has 2 unspecified atom stereocenters. The Kier molecular flexibility index (Phi) is 3.95. The van der Waals surface area contributed by atoms with Crippen molar-refractivity contribution in [2.75, 3.05) is 6.54 Å². The van der Waals surface area contributed by atoms with Gasteiger partial charge in [0, 0.05) is 6.04 Å². The van der Waals surface area contributed by atoms with Crippen LogP contribution < -0.4 is 15.6 Å². The zero-order valence-electron chi connectivity index (χ0n) is 6.74. The number of nitrogens with two attached hydrogens (primary N) is 2. The molecule has 0 heterocycles. The van der Waals surface area contributed by atoms with Crippen molar-refractivity contribution in [3.05, 3.63) is 0 Å². The van der Waals surface area contributed by atoms with Gasteiger partial charge in [0.1, 0.15) is 0 Å². The maximum absolute atomic E-state index is 10.5. The standard InChI is InChI=1S/C5H15N3O2S/c1-4(3-6)5(2)8-11(7,9)10/h4-5,8H,3,6H2,1-2H3,(H2,7,9,10). The summed E-state index contributed by atoms with van der Waals surface area (Å²) >= 11 is 0. The van der Waals surface area contributed by atoms with Crippen molar-refractivity contribution in [2.24, 2.45) is 16.8 Å². The summed E-state index contributed by atoms with van der Waals surface area (Å²) in [7, 11) is -3.58. The number of hydrogen-bond donors (Lipinski definition) is 3. The van der Waals surface area contributed by atoms with E-state index < -0.39 is 10.2 Å². The van der Waals surface area contributed by atoms with Crippen molar-refractivity contribution in [3.63, 3.8) is 0 Å². The summed E-state index contributed by atoms with van der Waals surface area (Å²) in [6.45, 7) is 4.01. The quantitative estimate of drug-likeness (QED) is 0.506. The van der Waals surface area contributed by atoms with Crippen molar-refractivity contribution in [3.8, 4) is 0 Å². The fourth-order valence-electron chi connectivity index (χ4n) is 0.579. The average Bonchev–Trinajstić information content (AvgIpc) is 1.82. The minimum atomic E-state index is -3.58. The molecule has 11 heavy (non-hydrogen) atoms. The van der Waals surface area contributed by atoms with Crippen molar-refractivity contribution in [2.45, 2.75) is 19.9 Å². The first-order valence-corrected chi connectivity index (χ1v) is 4.91. The smallest absolute Gasteiger partial charge is 0.274 e. The fourth-order valence-corrected chi connectivity index (χ4v) is 1.33. The van der Waals surface area contributed by atoms with Gasteiger partial charge in [0.15, 0.2) is 0 Å². The molecule has 0 aliphatic rings. The summed E-state index contributed by atoms with van der Waals surface area (Å²) < 4.78 is 23.2. The van der Waals surface area contributed by atoms with E-state index in [2.05, 4.69) is 4.72 Å². The van der Waals surface area contributed by atoms with Gasteiger partial charge in [0.2, 0.25) is 0 Å². The van der Waals surface area contributed by atoms with Gasteiger partial charge in [-0.05, 0) is 19.4 Å². The van der Waals surface area contributed by atoms with Crippen LogP contribution in [0.25, 0.3) is 0 Å². The predicted octanol–water partition coefficient (Wildman–Crippen LogP) is -1.24. The molecule has 5 nitrogen and oxygen atoms in total. The van der Waals surface area contributed by atoms with E-state index in [0.29, 0.717) is 6.54 Å². The van der Waals surface area contributed by atoms with Crippen LogP contribution in [-0.2, 0) is 10.2 Å². The average molecular weight is 181 g/mol. The first kappa shape index (κ1) is 10.8.